The molecule has 0 aliphatic heterocycles. The number of halogens is 1. The largest absolute Gasteiger partial charge is 0.310 e. The normalized spacial score (nSPS) is 14.6. The van der Waals surface area contributed by atoms with Crippen LogP contribution in [0.4, 0.5) is 0 Å². The molecule has 16 heavy (non-hydrogen) atoms. The van der Waals surface area contributed by atoms with Gasteiger partial charge in [0.25, 0.3) is 0 Å². The molecule has 4 nitrogen and oxygen atoms in total. The summed E-state index contributed by atoms with van der Waals surface area (Å²) in [5.74, 6) is 0. The van der Waals surface area contributed by atoms with Gasteiger partial charge in [0.15, 0.2) is 0 Å². The first-order valence-corrected chi connectivity index (χ1v) is 5.69. The predicted molar refractivity (Wildman–Crippen MR) is 64.2 cm³/mol. The van der Waals surface area contributed by atoms with Crippen molar-refractivity contribution in [3.8, 4) is 0 Å². The standard InChI is InChI=1S/C11H13ClN4/c12-11-4-1-8(6-15-16-13)5-9(11)7-14-10-2-3-10/h1,4-5,10,14H,2-3,6-7H2. The van der Waals surface area contributed by atoms with Crippen molar-refractivity contribution in [2.75, 3.05) is 0 Å². The molecule has 2 rings (SSSR count). The highest BCUT2D eigenvalue weighted by Crippen LogP contribution is 2.22. The summed E-state index contributed by atoms with van der Waals surface area (Å²) in [6, 6.07) is 6.40. The Morgan fingerprint density at radius 1 is 1.50 bits per heavy atom. The Balaban J connectivity index is 2.04. The van der Waals surface area contributed by atoms with Gasteiger partial charge >= 0.3 is 0 Å². The molecular weight excluding hydrogens is 224 g/mol. The van der Waals surface area contributed by atoms with Gasteiger partial charge in [0.05, 0.1) is 6.54 Å². The highest BCUT2D eigenvalue weighted by molar-refractivity contribution is 6.31. The highest BCUT2D eigenvalue weighted by Gasteiger charge is 2.20. The van der Waals surface area contributed by atoms with Crippen molar-refractivity contribution in [2.24, 2.45) is 5.11 Å². The van der Waals surface area contributed by atoms with Gasteiger partial charge in [-0.25, -0.2) is 0 Å². The van der Waals surface area contributed by atoms with Crippen LogP contribution in [0, 0.1) is 0 Å². The van der Waals surface area contributed by atoms with Crippen molar-refractivity contribution in [3.63, 3.8) is 0 Å². The Kier molecular flexibility index (Phi) is 3.67. The second-order valence-electron chi connectivity index (χ2n) is 3.97. The average molecular weight is 237 g/mol. The molecule has 84 valence electrons. The predicted octanol–water partition coefficient (Wildman–Crippen LogP) is 3.40. The molecule has 0 radical (unpaired) electrons. The number of azide groups is 1. The van der Waals surface area contributed by atoms with E-state index >= 15 is 0 Å². The maximum atomic E-state index is 8.26. The number of nitrogens with one attached hydrogen (secondary N) is 1. The monoisotopic (exact) mass is 236 g/mol. The van der Waals surface area contributed by atoms with E-state index in [1.54, 1.807) is 0 Å². The minimum Gasteiger partial charge on any atom is -0.310 e. The maximum absolute atomic E-state index is 8.26. The summed E-state index contributed by atoms with van der Waals surface area (Å²) in [5.41, 5.74) is 10.3. The van der Waals surface area contributed by atoms with Gasteiger partial charge < -0.3 is 5.32 Å². The van der Waals surface area contributed by atoms with Crippen molar-refractivity contribution >= 4 is 11.6 Å². The quantitative estimate of drug-likeness (QED) is 0.475. The molecule has 0 unspecified atom stereocenters. The third kappa shape index (κ3) is 3.14. The SMILES string of the molecule is [N-]=[N+]=NCc1ccc(Cl)c(CNC2CC2)c1. The Morgan fingerprint density at radius 3 is 3.00 bits per heavy atom. The molecule has 1 aromatic rings. The van der Waals surface area contributed by atoms with Crippen LogP contribution in [0.3, 0.4) is 0 Å². The molecule has 1 aliphatic carbocycles. The van der Waals surface area contributed by atoms with E-state index in [0.717, 1.165) is 22.7 Å². The van der Waals surface area contributed by atoms with E-state index in [1.165, 1.54) is 12.8 Å². The molecule has 1 aliphatic rings. The van der Waals surface area contributed by atoms with Crippen LogP contribution in [0.1, 0.15) is 24.0 Å². The summed E-state index contributed by atoms with van der Waals surface area (Å²) in [7, 11) is 0. The summed E-state index contributed by atoms with van der Waals surface area (Å²) in [6.07, 6.45) is 2.52. The smallest absolute Gasteiger partial charge is 0.0511 e. The topological polar surface area (TPSA) is 60.8 Å². The Bertz CT molecular complexity index is 422. The van der Waals surface area contributed by atoms with Gasteiger partial charge in [0.2, 0.25) is 0 Å². The highest BCUT2D eigenvalue weighted by atomic mass is 35.5. The molecule has 1 aromatic carbocycles. The minimum absolute atomic E-state index is 0.379. The fourth-order valence-electron chi connectivity index (χ4n) is 1.52. The fraction of sp³-hybridized carbons (Fsp3) is 0.455. The zero-order valence-corrected chi connectivity index (χ0v) is 9.61. The van der Waals surface area contributed by atoms with Crippen molar-refractivity contribution < 1.29 is 0 Å². The zero-order valence-electron chi connectivity index (χ0n) is 8.86. The molecule has 0 spiro atoms. The van der Waals surface area contributed by atoms with Gasteiger partial charge in [-0.15, -0.1) is 0 Å². The number of nitrogens with zero attached hydrogens (tertiary/aromatic N) is 3. The van der Waals surface area contributed by atoms with Gasteiger partial charge in [0.1, 0.15) is 0 Å². The number of rotatable bonds is 5. The molecule has 5 heteroatoms. The van der Waals surface area contributed by atoms with E-state index in [4.69, 9.17) is 17.1 Å². The van der Waals surface area contributed by atoms with Crippen LogP contribution in [0.5, 0.6) is 0 Å². The van der Waals surface area contributed by atoms with Crippen LogP contribution in [-0.2, 0) is 13.1 Å². The molecule has 1 N–H and O–H groups in total. The lowest BCUT2D eigenvalue weighted by Crippen LogP contribution is -2.15. The molecule has 1 fully saturated rings. The van der Waals surface area contributed by atoms with E-state index in [9.17, 15) is 0 Å². The number of hydrogen-bond acceptors (Lipinski definition) is 2. The van der Waals surface area contributed by atoms with Crippen molar-refractivity contribution in [1.29, 1.82) is 0 Å². The first-order chi connectivity index (χ1) is 7.79. The summed E-state index contributed by atoms with van der Waals surface area (Å²) in [4.78, 5) is 2.74. The third-order valence-corrected chi connectivity index (χ3v) is 2.95. The van der Waals surface area contributed by atoms with E-state index in [2.05, 4.69) is 15.3 Å². The van der Waals surface area contributed by atoms with Gasteiger partial charge in [-0.05, 0) is 35.6 Å². The van der Waals surface area contributed by atoms with E-state index in [0.29, 0.717) is 12.6 Å². The summed E-state index contributed by atoms with van der Waals surface area (Å²) < 4.78 is 0. The van der Waals surface area contributed by atoms with Crippen molar-refractivity contribution in [1.82, 2.24) is 5.32 Å². The minimum atomic E-state index is 0.379. The molecule has 0 bridgehead atoms. The van der Waals surface area contributed by atoms with Crippen molar-refractivity contribution in [2.45, 2.75) is 32.0 Å². The average Bonchev–Trinajstić information content (AvgIpc) is 3.10. The molecule has 0 amide bonds. The second-order valence-corrected chi connectivity index (χ2v) is 4.38. The van der Waals surface area contributed by atoms with Crippen LogP contribution >= 0.6 is 11.6 Å². The van der Waals surface area contributed by atoms with Gasteiger partial charge in [0, 0.05) is 22.5 Å². The molecule has 0 saturated heterocycles. The van der Waals surface area contributed by atoms with Crippen LogP contribution in [0.15, 0.2) is 23.3 Å². The third-order valence-electron chi connectivity index (χ3n) is 2.59. The summed E-state index contributed by atoms with van der Waals surface area (Å²) in [6.45, 7) is 1.16. The summed E-state index contributed by atoms with van der Waals surface area (Å²) in [5, 5.41) is 7.71. The van der Waals surface area contributed by atoms with Crippen LogP contribution in [0.2, 0.25) is 5.02 Å². The lowest BCUT2D eigenvalue weighted by atomic mass is 10.1. The first kappa shape index (κ1) is 11.3. The van der Waals surface area contributed by atoms with Gasteiger partial charge in [-0.2, -0.15) is 0 Å². The lowest BCUT2D eigenvalue weighted by molar-refractivity contribution is 0.687. The van der Waals surface area contributed by atoms with E-state index in [1.807, 2.05) is 18.2 Å². The number of benzene rings is 1. The molecular formula is C11H13ClN4. The van der Waals surface area contributed by atoms with Gasteiger partial charge in [-0.1, -0.05) is 28.8 Å². The lowest BCUT2D eigenvalue weighted by Gasteiger charge is -2.07. The van der Waals surface area contributed by atoms with Crippen LogP contribution < -0.4 is 5.32 Å². The van der Waals surface area contributed by atoms with Crippen LogP contribution in [0.25, 0.3) is 10.4 Å². The van der Waals surface area contributed by atoms with E-state index < -0.39 is 0 Å². The Labute approximate surface area is 99.2 Å². The molecule has 0 heterocycles. The summed E-state index contributed by atoms with van der Waals surface area (Å²) >= 11 is 6.09. The molecule has 1 saturated carbocycles. The fourth-order valence-corrected chi connectivity index (χ4v) is 1.70. The Morgan fingerprint density at radius 2 is 2.31 bits per heavy atom. The zero-order chi connectivity index (χ0) is 11.4. The van der Waals surface area contributed by atoms with E-state index in [-0.39, 0.29) is 0 Å². The van der Waals surface area contributed by atoms with Crippen molar-refractivity contribution in [3.05, 3.63) is 44.8 Å². The first-order valence-electron chi connectivity index (χ1n) is 5.31. The second kappa shape index (κ2) is 5.21. The molecule has 0 aromatic heterocycles. The number of hydrogen-bond donors (Lipinski definition) is 1. The maximum Gasteiger partial charge on any atom is 0.0511 e. The van der Waals surface area contributed by atoms with Gasteiger partial charge in [-0.3, -0.25) is 0 Å². The molecule has 0 atom stereocenters. The van der Waals surface area contributed by atoms with Crippen LogP contribution in [-0.4, -0.2) is 6.04 Å². The Hall–Kier alpha value is -1.22.